The van der Waals surface area contributed by atoms with Crippen molar-refractivity contribution in [3.8, 4) is 6.07 Å². The van der Waals surface area contributed by atoms with Gasteiger partial charge in [0.25, 0.3) is 0 Å². The van der Waals surface area contributed by atoms with Crippen LogP contribution in [-0.2, 0) is 4.79 Å². The molecule has 0 atom stereocenters. The molecule has 0 saturated heterocycles. The molecule has 62 valence electrons. The summed E-state index contributed by atoms with van der Waals surface area (Å²) in [6.07, 6.45) is -0.426. The summed E-state index contributed by atoms with van der Waals surface area (Å²) >= 11 is 0. The first kappa shape index (κ1) is 10.0. The molecule has 0 fully saturated rings. The molecule has 0 spiro atoms. The Morgan fingerprint density at radius 2 is 2.00 bits per heavy atom. The van der Waals surface area contributed by atoms with Gasteiger partial charge in [0.15, 0.2) is 5.78 Å². The van der Waals surface area contributed by atoms with E-state index in [1.807, 2.05) is 0 Å². The second-order valence-electron chi connectivity index (χ2n) is 2.59. The standard InChI is InChI=1S/C7H9F2NO/c1-7(4-8,5-9)6(11)2-3-10/h2,4-5H2,1H3. The van der Waals surface area contributed by atoms with E-state index in [0.29, 0.717) is 0 Å². The molecule has 0 aliphatic carbocycles. The first-order valence-electron chi connectivity index (χ1n) is 3.13. The molecule has 0 unspecified atom stereocenters. The number of carbonyl (C=O) groups is 1. The van der Waals surface area contributed by atoms with Crippen molar-refractivity contribution in [1.29, 1.82) is 5.26 Å². The van der Waals surface area contributed by atoms with Gasteiger partial charge in [-0.1, -0.05) is 0 Å². The Hall–Kier alpha value is -0.980. The Morgan fingerprint density at radius 3 is 2.27 bits per heavy atom. The van der Waals surface area contributed by atoms with E-state index in [-0.39, 0.29) is 0 Å². The molecule has 0 heterocycles. The Bertz CT molecular complexity index is 181. The number of Topliss-reactive ketones (excluding diaryl/α,β-unsaturated/α-hetero) is 1. The van der Waals surface area contributed by atoms with Gasteiger partial charge in [-0.15, -0.1) is 0 Å². The third-order valence-electron chi connectivity index (χ3n) is 1.50. The smallest absolute Gasteiger partial charge is 0.158 e. The molecule has 0 aromatic heterocycles. The molecule has 0 N–H and O–H groups in total. The highest BCUT2D eigenvalue weighted by molar-refractivity contribution is 5.86. The summed E-state index contributed by atoms with van der Waals surface area (Å²) in [5, 5.41) is 8.08. The van der Waals surface area contributed by atoms with Crippen LogP contribution in [0.3, 0.4) is 0 Å². The highest BCUT2D eigenvalue weighted by Gasteiger charge is 2.32. The predicted octanol–water partition coefficient (Wildman–Crippen LogP) is 1.41. The maximum Gasteiger partial charge on any atom is 0.158 e. The van der Waals surface area contributed by atoms with E-state index in [2.05, 4.69) is 0 Å². The Morgan fingerprint density at radius 1 is 1.55 bits per heavy atom. The molecule has 2 nitrogen and oxygen atoms in total. The molecule has 4 heteroatoms. The van der Waals surface area contributed by atoms with Gasteiger partial charge in [-0.05, 0) is 6.92 Å². The van der Waals surface area contributed by atoms with E-state index < -0.39 is 31.0 Å². The van der Waals surface area contributed by atoms with E-state index in [1.165, 1.54) is 6.92 Å². The van der Waals surface area contributed by atoms with Crippen LogP contribution in [0.5, 0.6) is 0 Å². The predicted molar refractivity (Wildman–Crippen MR) is 35.3 cm³/mol. The number of hydrogen-bond donors (Lipinski definition) is 0. The molecule has 0 aliphatic rings. The number of nitrogens with zero attached hydrogens (tertiary/aromatic N) is 1. The van der Waals surface area contributed by atoms with Crippen molar-refractivity contribution in [1.82, 2.24) is 0 Å². The lowest BCUT2D eigenvalue weighted by Gasteiger charge is -2.18. The highest BCUT2D eigenvalue weighted by Crippen LogP contribution is 2.20. The van der Waals surface area contributed by atoms with Gasteiger partial charge >= 0.3 is 0 Å². The zero-order valence-electron chi connectivity index (χ0n) is 6.23. The molecular formula is C7H9F2NO. The number of nitriles is 1. The summed E-state index contributed by atoms with van der Waals surface area (Å²) in [5.74, 6) is -0.676. The number of ketones is 1. The monoisotopic (exact) mass is 161 g/mol. The fraction of sp³-hybridized carbons (Fsp3) is 0.714. The zero-order chi connectivity index (χ0) is 8.91. The molecule has 0 radical (unpaired) electrons. The number of alkyl halides is 2. The van der Waals surface area contributed by atoms with Crippen molar-refractivity contribution in [2.24, 2.45) is 5.41 Å². The first-order valence-corrected chi connectivity index (χ1v) is 3.13. The summed E-state index contributed by atoms with van der Waals surface area (Å²) in [6, 6.07) is 1.56. The van der Waals surface area contributed by atoms with Crippen molar-refractivity contribution in [3.63, 3.8) is 0 Å². The minimum atomic E-state index is -1.60. The van der Waals surface area contributed by atoms with Crippen LogP contribution in [0, 0.1) is 16.7 Å². The summed E-state index contributed by atoms with van der Waals surface area (Å²) in [6.45, 7) is -0.930. The minimum absolute atomic E-state index is 0.426. The average molecular weight is 161 g/mol. The van der Waals surface area contributed by atoms with Gasteiger partial charge in [-0.2, -0.15) is 5.26 Å². The number of rotatable bonds is 4. The lowest BCUT2D eigenvalue weighted by atomic mass is 9.87. The number of hydrogen-bond acceptors (Lipinski definition) is 2. The SMILES string of the molecule is CC(CF)(CF)C(=O)CC#N. The van der Waals surface area contributed by atoms with Crippen LogP contribution in [0.4, 0.5) is 8.78 Å². The van der Waals surface area contributed by atoms with Crippen molar-refractivity contribution in [2.75, 3.05) is 13.3 Å². The second kappa shape index (κ2) is 4.02. The lowest BCUT2D eigenvalue weighted by molar-refractivity contribution is -0.128. The first-order chi connectivity index (χ1) is 5.10. The Labute approximate surface area is 63.8 Å². The maximum atomic E-state index is 12.0. The van der Waals surface area contributed by atoms with Crippen LogP contribution in [0.2, 0.25) is 0 Å². The van der Waals surface area contributed by atoms with E-state index in [4.69, 9.17) is 5.26 Å². The Balaban J connectivity index is 4.27. The topological polar surface area (TPSA) is 40.9 Å². The van der Waals surface area contributed by atoms with Crippen molar-refractivity contribution < 1.29 is 13.6 Å². The normalized spacial score (nSPS) is 10.7. The van der Waals surface area contributed by atoms with E-state index >= 15 is 0 Å². The quantitative estimate of drug-likeness (QED) is 0.625. The molecule has 0 saturated carbocycles. The largest absolute Gasteiger partial charge is 0.298 e. The van der Waals surface area contributed by atoms with Gasteiger partial charge in [-0.25, -0.2) is 8.78 Å². The summed E-state index contributed by atoms with van der Waals surface area (Å²) < 4.78 is 24.1. The molecule has 11 heavy (non-hydrogen) atoms. The lowest BCUT2D eigenvalue weighted by Crippen LogP contribution is -2.31. The zero-order valence-corrected chi connectivity index (χ0v) is 6.23. The molecule has 0 aromatic carbocycles. The third-order valence-corrected chi connectivity index (χ3v) is 1.50. The summed E-state index contributed by atoms with van der Waals surface area (Å²) in [5.41, 5.74) is -1.60. The molecule has 0 aromatic rings. The van der Waals surface area contributed by atoms with Gasteiger partial charge in [0.2, 0.25) is 0 Å². The van der Waals surface area contributed by atoms with Gasteiger partial charge in [0.05, 0.1) is 17.9 Å². The average Bonchev–Trinajstić information content (AvgIpc) is 2.03. The number of carbonyl (C=O) groups excluding carboxylic acids is 1. The van der Waals surface area contributed by atoms with Crippen LogP contribution in [-0.4, -0.2) is 19.1 Å². The Kier molecular flexibility index (Phi) is 3.66. The number of halogens is 2. The molecule has 0 aliphatic heterocycles. The van der Waals surface area contributed by atoms with E-state index in [0.717, 1.165) is 0 Å². The fourth-order valence-electron chi connectivity index (χ4n) is 0.470. The maximum absolute atomic E-state index is 12.0. The van der Waals surface area contributed by atoms with Crippen LogP contribution in [0.25, 0.3) is 0 Å². The van der Waals surface area contributed by atoms with Gasteiger partial charge in [-0.3, -0.25) is 4.79 Å². The van der Waals surface area contributed by atoms with Crippen LogP contribution >= 0.6 is 0 Å². The van der Waals surface area contributed by atoms with E-state index in [9.17, 15) is 13.6 Å². The van der Waals surface area contributed by atoms with Crippen molar-refractivity contribution >= 4 is 5.78 Å². The molecule has 0 bridgehead atoms. The minimum Gasteiger partial charge on any atom is -0.298 e. The molecule has 0 amide bonds. The summed E-state index contributed by atoms with van der Waals surface area (Å²) in [4.78, 5) is 10.8. The van der Waals surface area contributed by atoms with E-state index in [1.54, 1.807) is 6.07 Å². The van der Waals surface area contributed by atoms with Gasteiger partial charge < -0.3 is 0 Å². The third kappa shape index (κ3) is 2.26. The van der Waals surface area contributed by atoms with Gasteiger partial charge in [0, 0.05) is 0 Å². The van der Waals surface area contributed by atoms with Crippen molar-refractivity contribution in [2.45, 2.75) is 13.3 Å². The highest BCUT2D eigenvalue weighted by atomic mass is 19.1. The van der Waals surface area contributed by atoms with Gasteiger partial charge in [0.1, 0.15) is 13.3 Å². The molecule has 0 rings (SSSR count). The molecular weight excluding hydrogens is 152 g/mol. The van der Waals surface area contributed by atoms with Crippen molar-refractivity contribution in [3.05, 3.63) is 0 Å². The van der Waals surface area contributed by atoms with Crippen LogP contribution < -0.4 is 0 Å². The fourth-order valence-corrected chi connectivity index (χ4v) is 0.470. The second-order valence-corrected chi connectivity index (χ2v) is 2.59. The summed E-state index contributed by atoms with van der Waals surface area (Å²) in [7, 11) is 0. The van der Waals surface area contributed by atoms with Crippen LogP contribution in [0.15, 0.2) is 0 Å². The van der Waals surface area contributed by atoms with Crippen LogP contribution in [0.1, 0.15) is 13.3 Å².